The van der Waals surface area contributed by atoms with Crippen LogP contribution in [0.5, 0.6) is 0 Å². The first-order valence-electron chi connectivity index (χ1n) is 9.34. The second-order valence-corrected chi connectivity index (χ2v) is 7.60. The van der Waals surface area contributed by atoms with Crippen molar-refractivity contribution < 1.29 is 4.79 Å². The Kier molecular flexibility index (Phi) is 5.62. The van der Waals surface area contributed by atoms with Gasteiger partial charge in [-0.15, -0.1) is 0 Å². The highest BCUT2D eigenvalue weighted by Gasteiger charge is 2.21. The predicted octanol–water partition coefficient (Wildman–Crippen LogP) is 3.38. The van der Waals surface area contributed by atoms with Gasteiger partial charge in [0.15, 0.2) is 0 Å². The van der Waals surface area contributed by atoms with Crippen molar-refractivity contribution in [2.24, 2.45) is 0 Å². The molecule has 0 saturated carbocycles. The molecule has 1 N–H and O–H groups in total. The fourth-order valence-corrected chi connectivity index (χ4v) is 3.60. The van der Waals surface area contributed by atoms with Crippen molar-refractivity contribution in [1.82, 2.24) is 10.2 Å². The van der Waals surface area contributed by atoms with Gasteiger partial charge >= 0.3 is 0 Å². The fraction of sp³-hybridized carbons (Fsp3) is 0.409. The number of nitrogens with zero attached hydrogens (tertiary/aromatic N) is 2. The van der Waals surface area contributed by atoms with Crippen molar-refractivity contribution >= 4 is 11.6 Å². The third kappa shape index (κ3) is 4.64. The van der Waals surface area contributed by atoms with Crippen LogP contribution < -0.4 is 10.2 Å². The summed E-state index contributed by atoms with van der Waals surface area (Å²) in [7, 11) is 0. The second-order valence-electron chi connectivity index (χ2n) is 7.60. The number of benzene rings is 2. The van der Waals surface area contributed by atoms with Crippen LogP contribution in [-0.4, -0.2) is 37.0 Å². The van der Waals surface area contributed by atoms with Gasteiger partial charge in [0.25, 0.3) is 0 Å². The molecule has 3 rings (SSSR count). The van der Waals surface area contributed by atoms with E-state index in [1.54, 1.807) is 6.92 Å². The van der Waals surface area contributed by atoms with Crippen LogP contribution in [-0.2, 0) is 16.9 Å². The third-order valence-electron chi connectivity index (χ3n) is 5.06. The summed E-state index contributed by atoms with van der Waals surface area (Å²) in [6, 6.07) is 19.3. The van der Waals surface area contributed by atoms with Gasteiger partial charge in [0, 0.05) is 45.3 Å². The number of para-hydroxylation sites is 1. The van der Waals surface area contributed by atoms with Gasteiger partial charge in [-0.25, -0.2) is 0 Å². The Morgan fingerprint density at radius 2 is 1.58 bits per heavy atom. The molecule has 0 bridgehead atoms. The van der Waals surface area contributed by atoms with Gasteiger partial charge in [0.1, 0.15) is 0 Å². The molecular formula is C22H29N3O. The molecule has 0 aliphatic carbocycles. The first kappa shape index (κ1) is 18.5. The van der Waals surface area contributed by atoms with E-state index in [9.17, 15) is 4.79 Å². The molecule has 0 aromatic heterocycles. The second kappa shape index (κ2) is 7.92. The fourth-order valence-electron chi connectivity index (χ4n) is 3.60. The van der Waals surface area contributed by atoms with Crippen molar-refractivity contribution in [3.05, 3.63) is 65.7 Å². The van der Waals surface area contributed by atoms with Crippen molar-refractivity contribution in [3.63, 3.8) is 0 Å². The quantitative estimate of drug-likeness (QED) is 0.897. The number of piperazine rings is 1. The molecule has 0 unspecified atom stereocenters. The molecule has 1 aliphatic heterocycles. The maximum Gasteiger partial charge on any atom is 0.217 e. The minimum atomic E-state index is -0.342. The van der Waals surface area contributed by atoms with E-state index >= 15 is 0 Å². The smallest absolute Gasteiger partial charge is 0.217 e. The molecule has 1 fully saturated rings. The van der Waals surface area contributed by atoms with Crippen LogP contribution in [0.2, 0.25) is 0 Å². The van der Waals surface area contributed by atoms with E-state index in [1.165, 1.54) is 11.3 Å². The van der Waals surface area contributed by atoms with Gasteiger partial charge in [0.2, 0.25) is 5.91 Å². The van der Waals surface area contributed by atoms with Gasteiger partial charge in [0.05, 0.1) is 5.54 Å². The van der Waals surface area contributed by atoms with Crippen molar-refractivity contribution in [2.75, 3.05) is 31.1 Å². The molecule has 138 valence electrons. The maximum atomic E-state index is 11.4. The predicted molar refractivity (Wildman–Crippen MR) is 107 cm³/mol. The molecule has 1 heterocycles. The van der Waals surface area contributed by atoms with Crippen LogP contribution in [0.25, 0.3) is 0 Å². The number of anilines is 1. The number of nitrogens with one attached hydrogen (secondary N) is 1. The van der Waals surface area contributed by atoms with Crippen molar-refractivity contribution in [1.29, 1.82) is 0 Å². The monoisotopic (exact) mass is 351 g/mol. The first-order chi connectivity index (χ1) is 12.4. The first-order valence-corrected chi connectivity index (χ1v) is 9.34. The summed E-state index contributed by atoms with van der Waals surface area (Å²) in [5, 5.41) is 3.00. The number of hydrogen-bond donors (Lipinski definition) is 1. The minimum absolute atomic E-state index is 0.00429. The number of hydrogen-bond acceptors (Lipinski definition) is 3. The summed E-state index contributed by atoms with van der Waals surface area (Å²) in [6.45, 7) is 10.9. The van der Waals surface area contributed by atoms with Gasteiger partial charge in [-0.2, -0.15) is 0 Å². The number of rotatable bonds is 5. The van der Waals surface area contributed by atoms with E-state index in [-0.39, 0.29) is 11.4 Å². The van der Waals surface area contributed by atoms with E-state index in [1.807, 2.05) is 13.8 Å². The van der Waals surface area contributed by atoms with Crippen LogP contribution in [0.1, 0.15) is 31.9 Å². The van der Waals surface area contributed by atoms with E-state index in [2.05, 4.69) is 69.7 Å². The van der Waals surface area contributed by atoms with Crippen LogP contribution in [0.15, 0.2) is 54.6 Å². The van der Waals surface area contributed by atoms with Crippen molar-refractivity contribution in [3.8, 4) is 0 Å². The summed E-state index contributed by atoms with van der Waals surface area (Å²) in [4.78, 5) is 16.3. The lowest BCUT2D eigenvalue weighted by atomic mass is 9.93. The molecule has 4 heteroatoms. The lowest BCUT2D eigenvalue weighted by molar-refractivity contribution is -0.120. The van der Waals surface area contributed by atoms with Gasteiger partial charge in [-0.05, 0) is 37.1 Å². The zero-order valence-electron chi connectivity index (χ0n) is 16.0. The van der Waals surface area contributed by atoms with Crippen LogP contribution in [0, 0.1) is 0 Å². The molecule has 0 spiro atoms. The molecule has 1 amide bonds. The maximum absolute atomic E-state index is 11.4. The summed E-state index contributed by atoms with van der Waals surface area (Å²) >= 11 is 0. The zero-order valence-corrected chi connectivity index (χ0v) is 16.0. The largest absolute Gasteiger partial charge is 0.369 e. The van der Waals surface area contributed by atoms with E-state index in [0.717, 1.165) is 38.3 Å². The molecule has 2 aromatic carbocycles. The summed E-state index contributed by atoms with van der Waals surface area (Å²) < 4.78 is 0. The molecular weight excluding hydrogens is 322 g/mol. The Bertz CT molecular complexity index is 717. The molecule has 1 aliphatic rings. The molecule has 4 nitrogen and oxygen atoms in total. The third-order valence-corrected chi connectivity index (χ3v) is 5.06. The zero-order chi connectivity index (χ0) is 18.6. The van der Waals surface area contributed by atoms with Crippen molar-refractivity contribution in [2.45, 2.75) is 32.9 Å². The Morgan fingerprint density at radius 1 is 0.962 bits per heavy atom. The average Bonchev–Trinajstić information content (AvgIpc) is 2.62. The highest BCUT2D eigenvalue weighted by molar-refractivity contribution is 5.74. The molecule has 2 aromatic rings. The molecule has 1 saturated heterocycles. The van der Waals surface area contributed by atoms with Crippen LogP contribution in [0.4, 0.5) is 5.69 Å². The summed E-state index contributed by atoms with van der Waals surface area (Å²) in [5.41, 5.74) is 3.42. The standard InChI is InChI=1S/C22H29N3O/c1-18(26)23-22(2,3)20-11-9-19(10-12-20)17-24-13-15-25(16-14-24)21-7-5-4-6-8-21/h4-12H,13-17H2,1-3H3,(H,23,26). The summed E-state index contributed by atoms with van der Waals surface area (Å²) in [5.74, 6) is -0.00429. The average molecular weight is 351 g/mol. The van der Waals surface area contributed by atoms with Gasteiger partial charge in [-0.3, -0.25) is 9.69 Å². The normalized spacial score (nSPS) is 15.7. The lowest BCUT2D eigenvalue weighted by Crippen LogP contribution is -2.45. The van der Waals surface area contributed by atoms with Gasteiger partial charge < -0.3 is 10.2 Å². The highest BCUT2D eigenvalue weighted by Crippen LogP contribution is 2.21. The molecule has 0 radical (unpaired) electrons. The van der Waals surface area contributed by atoms with Crippen LogP contribution >= 0.6 is 0 Å². The lowest BCUT2D eigenvalue weighted by Gasteiger charge is -2.36. The van der Waals surface area contributed by atoms with E-state index in [0.29, 0.717) is 0 Å². The topological polar surface area (TPSA) is 35.6 Å². The number of amides is 1. The molecule has 26 heavy (non-hydrogen) atoms. The van der Waals surface area contributed by atoms with Gasteiger partial charge in [-0.1, -0.05) is 42.5 Å². The number of carbonyl (C=O) groups excluding carboxylic acids is 1. The number of carbonyl (C=O) groups is 1. The Morgan fingerprint density at radius 3 is 2.15 bits per heavy atom. The van der Waals surface area contributed by atoms with Crippen LogP contribution in [0.3, 0.4) is 0 Å². The Hall–Kier alpha value is -2.33. The Labute approximate surface area is 156 Å². The highest BCUT2D eigenvalue weighted by atomic mass is 16.1. The summed E-state index contributed by atoms with van der Waals surface area (Å²) in [6.07, 6.45) is 0. The van der Waals surface area contributed by atoms with E-state index < -0.39 is 0 Å². The SMILES string of the molecule is CC(=O)NC(C)(C)c1ccc(CN2CCN(c3ccccc3)CC2)cc1. The minimum Gasteiger partial charge on any atom is -0.369 e. The molecule has 0 atom stereocenters. The van der Waals surface area contributed by atoms with E-state index in [4.69, 9.17) is 0 Å². The Balaban J connectivity index is 1.55.